The van der Waals surface area contributed by atoms with Crippen LogP contribution in [0.3, 0.4) is 0 Å². The average molecular weight is 212 g/mol. The molecule has 0 bridgehead atoms. The molecule has 2 N–H and O–H groups in total. The number of rotatable bonds is 8. The highest BCUT2D eigenvalue weighted by Gasteiger charge is 2.33. The standard InChI is InChI=1S/C12H24N2O/c1-15-12(8-13)6-7-14(11-4-5-11)9-10-2-3-10/h10-12H,2-9,13H2,1H3. The molecule has 0 heterocycles. The summed E-state index contributed by atoms with van der Waals surface area (Å²) < 4.78 is 5.32. The van der Waals surface area contributed by atoms with Gasteiger partial charge >= 0.3 is 0 Å². The van der Waals surface area contributed by atoms with Crippen molar-refractivity contribution in [3.63, 3.8) is 0 Å². The van der Waals surface area contributed by atoms with Gasteiger partial charge in [0.1, 0.15) is 0 Å². The Bertz CT molecular complexity index is 186. The highest BCUT2D eigenvalue weighted by molar-refractivity contribution is 4.88. The molecule has 0 aromatic carbocycles. The van der Waals surface area contributed by atoms with Crippen LogP contribution in [0.5, 0.6) is 0 Å². The topological polar surface area (TPSA) is 38.5 Å². The lowest BCUT2D eigenvalue weighted by Gasteiger charge is -2.24. The zero-order valence-corrected chi connectivity index (χ0v) is 9.82. The van der Waals surface area contributed by atoms with E-state index in [-0.39, 0.29) is 6.10 Å². The van der Waals surface area contributed by atoms with Crippen molar-refractivity contribution in [1.82, 2.24) is 4.90 Å². The molecule has 0 aromatic heterocycles. The van der Waals surface area contributed by atoms with E-state index >= 15 is 0 Å². The molecule has 0 amide bonds. The average Bonchev–Trinajstić information content (AvgIpc) is 3.11. The molecular formula is C12H24N2O. The molecule has 88 valence electrons. The highest BCUT2D eigenvalue weighted by atomic mass is 16.5. The van der Waals surface area contributed by atoms with Crippen molar-refractivity contribution in [2.24, 2.45) is 11.7 Å². The molecule has 2 saturated carbocycles. The van der Waals surface area contributed by atoms with Gasteiger partial charge in [0.2, 0.25) is 0 Å². The Morgan fingerprint density at radius 3 is 2.53 bits per heavy atom. The van der Waals surface area contributed by atoms with E-state index < -0.39 is 0 Å². The third-order valence-electron chi connectivity index (χ3n) is 3.59. The molecule has 0 saturated heterocycles. The lowest BCUT2D eigenvalue weighted by atomic mass is 10.2. The Hall–Kier alpha value is -0.120. The minimum atomic E-state index is 0.255. The van der Waals surface area contributed by atoms with E-state index in [9.17, 15) is 0 Å². The van der Waals surface area contributed by atoms with Gasteiger partial charge in [-0.15, -0.1) is 0 Å². The second-order valence-electron chi connectivity index (χ2n) is 5.05. The first-order valence-electron chi connectivity index (χ1n) is 6.30. The number of nitrogens with two attached hydrogens (primary N) is 1. The van der Waals surface area contributed by atoms with Gasteiger partial charge in [0.25, 0.3) is 0 Å². The summed E-state index contributed by atoms with van der Waals surface area (Å²) in [5.74, 6) is 1.00. The van der Waals surface area contributed by atoms with Gasteiger partial charge in [-0.1, -0.05) is 0 Å². The fourth-order valence-electron chi connectivity index (χ4n) is 2.14. The van der Waals surface area contributed by atoms with E-state index in [1.165, 1.54) is 38.8 Å². The first-order chi connectivity index (χ1) is 7.33. The number of methoxy groups -OCH3 is 1. The van der Waals surface area contributed by atoms with Gasteiger partial charge in [-0.2, -0.15) is 0 Å². The summed E-state index contributed by atoms with van der Waals surface area (Å²) in [5, 5.41) is 0. The second kappa shape index (κ2) is 5.28. The molecule has 1 unspecified atom stereocenters. The minimum Gasteiger partial charge on any atom is -0.380 e. The maximum atomic E-state index is 5.63. The van der Waals surface area contributed by atoms with Gasteiger partial charge < -0.3 is 15.4 Å². The summed E-state index contributed by atoms with van der Waals surface area (Å²) in [4.78, 5) is 2.67. The van der Waals surface area contributed by atoms with Gasteiger partial charge in [-0.25, -0.2) is 0 Å². The maximum absolute atomic E-state index is 5.63. The zero-order chi connectivity index (χ0) is 10.7. The monoisotopic (exact) mass is 212 g/mol. The predicted molar refractivity (Wildman–Crippen MR) is 61.8 cm³/mol. The third kappa shape index (κ3) is 3.74. The molecular weight excluding hydrogens is 188 g/mol. The number of hydrogen-bond donors (Lipinski definition) is 1. The van der Waals surface area contributed by atoms with Gasteiger partial charge in [0, 0.05) is 32.8 Å². The van der Waals surface area contributed by atoms with Gasteiger partial charge in [0.15, 0.2) is 0 Å². The van der Waals surface area contributed by atoms with E-state index in [1.54, 1.807) is 7.11 Å². The summed E-state index contributed by atoms with van der Waals surface area (Å²) >= 11 is 0. The SMILES string of the molecule is COC(CN)CCN(CC1CC1)C1CC1. The summed E-state index contributed by atoms with van der Waals surface area (Å²) in [5.41, 5.74) is 5.63. The first kappa shape index (κ1) is 11.4. The summed E-state index contributed by atoms with van der Waals surface area (Å²) in [6, 6.07) is 0.890. The van der Waals surface area contributed by atoms with Crippen molar-refractivity contribution in [3.8, 4) is 0 Å². The molecule has 0 spiro atoms. The van der Waals surface area contributed by atoms with Crippen molar-refractivity contribution in [2.75, 3.05) is 26.7 Å². The van der Waals surface area contributed by atoms with Crippen LogP contribution in [0.2, 0.25) is 0 Å². The van der Waals surface area contributed by atoms with Crippen molar-refractivity contribution >= 4 is 0 Å². The van der Waals surface area contributed by atoms with E-state index in [1.807, 2.05) is 0 Å². The summed E-state index contributed by atoms with van der Waals surface area (Å²) in [6.07, 6.45) is 7.07. The van der Waals surface area contributed by atoms with Crippen molar-refractivity contribution in [2.45, 2.75) is 44.2 Å². The molecule has 2 aliphatic carbocycles. The van der Waals surface area contributed by atoms with E-state index in [2.05, 4.69) is 4.90 Å². The second-order valence-corrected chi connectivity index (χ2v) is 5.05. The van der Waals surface area contributed by atoms with Crippen LogP contribution in [0, 0.1) is 5.92 Å². The lowest BCUT2D eigenvalue weighted by Crippen LogP contribution is -2.33. The maximum Gasteiger partial charge on any atom is 0.0705 e. The van der Waals surface area contributed by atoms with Gasteiger partial charge in [0.05, 0.1) is 6.10 Å². The molecule has 2 aliphatic rings. The van der Waals surface area contributed by atoms with Crippen LogP contribution >= 0.6 is 0 Å². The van der Waals surface area contributed by atoms with Crippen LogP contribution in [0.25, 0.3) is 0 Å². The van der Waals surface area contributed by atoms with Crippen LogP contribution in [0.15, 0.2) is 0 Å². The fourth-order valence-corrected chi connectivity index (χ4v) is 2.14. The predicted octanol–water partition coefficient (Wildman–Crippen LogP) is 1.22. The first-order valence-corrected chi connectivity index (χ1v) is 6.30. The summed E-state index contributed by atoms with van der Waals surface area (Å²) in [6.45, 7) is 3.15. The largest absolute Gasteiger partial charge is 0.380 e. The Morgan fingerprint density at radius 2 is 2.07 bits per heavy atom. The van der Waals surface area contributed by atoms with Gasteiger partial charge in [-0.05, 0) is 38.0 Å². The quantitative estimate of drug-likeness (QED) is 0.657. The fraction of sp³-hybridized carbons (Fsp3) is 1.00. The number of hydrogen-bond acceptors (Lipinski definition) is 3. The molecule has 3 heteroatoms. The molecule has 0 radical (unpaired) electrons. The Labute approximate surface area is 93.0 Å². The van der Waals surface area contributed by atoms with E-state index in [4.69, 9.17) is 10.5 Å². The molecule has 2 fully saturated rings. The molecule has 2 rings (SSSR count). The molecule has 0 aliphatic heterocycles. The smallest absolute Gasteiger partial charge is 0.0705 e. The van der Waals surface area contributed by atoms with Gasteiger partial charge in [-0.3, -0.25) is 0 Å². The summed E-state index contributed by atoms with van der Waals surface area (Å²) in [7, 11) is 1.76. The molecule has 1 atom stereocenters. The Balaban J connectivity index is 1.68. The Kier molecular flexibility index (Phi) is 4.00. The van der Waals surface area contributed by atoms with E-state index in [0.29, 0.717) is 6.54 Å². The highest BCUT2D eigenvalue weighted by Crippen LogP contribution is 2.34. The van der Waals surface area contributed by atoms with Crippen molar-refractivity contribution in [1.29, 1.82) is 0 Å². The van der Waals surface area contributed by atoms with Crippen LogP contribution in [0.1, 0.15) is 32.1 Å². The molecule has 0 aromatic rings. The van der Waals surface area contributed by atoms with Crippen LogP contribution in [-0.2, 0) is 4.74 Å². The van der Waals surface area contributed by atoms with Crippen LogP contribution in [0.4, 0.5) is 0 Å². The lowest BCUT2D eigenvalue weighted by molar-refractivity contribution is 0.0874. The van der Waals surface area contributed by atoms with Crippen LogP contribution in [-0.4, -0.2) is 43.8 Å². The van der Waals surface area contributed by atoms with Crippen molar-refractivity contribution < 1.29 is 4.74 Å². The van der Waals surface area contributed by atoms with E-state index in [0.717, 1.165) is 18.4 Å². The van der Waals surface area contributed by atoms with Crippen LogP contribution < -0.4 is 5.73 Å². The Morgan fingerprint density at radius 1 is 1.33 bits per heavy atom. The number of nitrogens with zero attached hydrogens (tertiary/aromatic N) is 1. The zero-order valence-electron chi connectivity index (χ0n) is 9.82. The molecule has 3 nitrogen and oxygen atoms in total. The normalized spacial score (nSPS) is 23.4. The minimum absolute atomic E-state index is 0.255. The molecule has 15 heavy (non-hydrogen) atoms. The number of ether oxygens (including phenoxy) is 1. The third-order valence-corrected chi connectivity index (χ3v) is 3.59. The van der Waals surface area contributed by atoms with Crippen molar-refractivity contribution in [3.05, 3.63) is 0 Å².